The van der Waals surface area contributed by atoms with Gasteiger partial charge in [0.2, 0.25) is 0 Å². The standard InChI is InChI=1S/C32H38ClNO4S/c1-5-18-32(23-35,34-30(36)38-31(2,3)4)19-10-13-25-16-17-28(21-29(25)33)39-27-15-9-14-26(20-27)37-22-24-11-7-6-8-12-24/h5-9,11-12,14-18,20-21,35H,10,13,19,22-23H2,1-4H3,(H,34,36). The van der Waals surface area contributed by atoms with Gasteiger partial charge in [0.1, 0.15) is 18.0 Å². The van der Waals surface area contributed by atoms with Gasteiger partial charge in [-0.15, -0.1) is 0 Å². The number of hydrogen-bond acceptors (Lipinski definition) is 5. The number of rotatable bonds is 12. The molecule has 0 bridgehead atoms. The topological polar surface area (TPSA) is 67.8 Å². The molecule has 0 aromatic heterocycles. The van der Waals surface area contributed by atoms with Gasteiger partial charge in [-0.2, -0.15) is 0 Å². The monoisotopic (exact) mass is 567 g/mol. The molecule has 0 spiro atoms. The molecule has 208 valence electrons. The van der Waals surface area contributed by atoms with Crippen LogP contribution in [0.25, 0.3) is 0 Å². The summed E-state index contributed by atoms with van der Waals surface area (Å²) in [6, 6.07) is 24.2. The van der Waals surface area contributed by atoms with Crippen molar-refractivity contribution in [2.75, 3.05) is 6.61 Å². The Balaban J connectivity index is 1.58. The molecule has 2 N–H and O–H groups in total. The lowest BCUT2D eigenvalue weighted by Crippen LogP contribution is -2.51. The van der Waals surface area contributed by atoms with E-state index < -0.39 is 17.2 Å². The second kappa shape index (κ2) is 14.5. The Hall–Kier alpha value is -2.93. The van der Waals surface area contributed by atoms with Crippen molar-refractivity contribution in [2.24, 2.45) is 0 Å². The van der Waals surface area contributed by atoms with Crippen LogP contribution in [0.5, 0.6) is 5.75 Å². The minimum absolute atomic E-state index is 0.228. The molecule has 1 unspecified atom stereocenters. The highest BCUT2D eigenvalue weighted by Crippen LogP contribution is 2.33. The summed E-state index contributed by atoms with van der Waals surface area (Å²) in [5.74, 6) is 0.819. The average Bonchev–Trinajstić information content (AvgIpc) is 2.88. The number of aliphatic hydroxyl groups is 1. The molecular formula is C32H38ClNO4S. The predicted molar refractivity (Wildman–Crippen MR) is 160 cm³/mol. The number of amides is 1. The van der Waals surface area contributed by atoms with Crippen LogP contribution < -0.4 is 10.1 Å². The lowest BCUT2D eigenvalue weighted by atomic mass is 9.91. The van der Waals surface area contributed by atoms with Gasteiger partial charge in [-0.1, -0.05) is 78.0 Å². The van der Waals surface area contributed by atoms with Crippen molar-refractivity contribution in [3.05, 3.63) is 101 Å². The van der Waals surface area contributed by atoms with E-state index in [1.54, 1.807) is 11.8 Å². The highest BCUT2D eigenvalue weighted by molar-refractivity contribution is 7.99. The molecule has 39 heavy (non-hydrogen) atoms. The van der Waals surface area contributed by atoms with E-state index in [-0.39, 0.29) is 6.61 Å². The Morgan fingerprint density at radius 2 is 1.77 bits per heavy atom. The highest BCUT2D eigenvalue weighted by atomic mass is 35.5. The van der Waals surface area contributed by atoms with E-state index in [0.29, 0.717) is 30.9 Å². The summed E-state index contributed by atoms with van der Waals surface area (Å²) in [6.07, 6.45) is 5.05. The summed E-state index contributed by atoms with van der Waals surface area (Å²) in [4.78, 5) is 14.5. The van der Waals surface area contributed by atoms with Crippen LogP contribution >= 0.6 is 23.4 Å². The number of hydrogen-bond donors (Lipinski definition) is 2. The van der Waals surface area contributed by atoms with Crippen LogP contribution in [-0.2, 0) is 17.8 Å². The summed E-state index contributed by atoms with van der Waals surface area (Å²) >= 11 is 8.28. The number of carbonyl (C=O) groups is 1. The SMILES string of the molecule is CC=CC(CO)(CCCc1ccc(Sc2cccc(OCc3ccccc3)c2)cc1Cl)NC(=O)OC(C)(C)C. The molecule has 0 saturated heterocycles. The van der Waals surface area contributed by atoms with Gasteiger partial charge in [-0.3, -0.25) is 0 Å². The summed E-state index contributed by atoms with van der Waals surface area (Å²) in [7, 11) is 0. The number of aliphatic hydroxyl groups excluding tert-OH is 1. The van der Waals surface area contributed by atoms with E-state index in [1.807, 2.05) is 101 Å². The molecule has 1 amide bonds. The first kappa shape index (κ1) is 30.6. The van der Waals surface area contributed by atoms with Crippen molar-refractivity contribution in [3.8, 4) is 5.75 Å². The number of alkyl carbamates (subject to hydrolysis) is 1. The van der Waals surface area contributed by atoms with Crippen LogP contribution in [0.2, 0.25) is 5.02 Å². The zero-order valence-corrected chi connectivity index (χ0v) is 24.6. The quantitative estimate of drug-likeness (QED) is 0.216. The average molecular weight is 568 g/mol. The molecule has 0 fully saturated rings. The molecule has 0 aliphatic heterocycles. The minimum Gasteiger partial charge on any atom is -0.489 e. The second-order valence-corrected chi connectivity index (χ2v) is 12.0. The van der Waals surface area contributed by atoms with E-state index in [2.05, 4.69) is 17.4 Å². The number of allylic oxidation sites excluding steroid dienone is 1. The van der Waals surface area contributed by atoms with Gasteiger partial charge in [0.25, 0.3) is 0 Å². The summed E-state index contributed by atoms with van der Waals surface area (Å²) < 4.78 is 11.4. The molecular weight excluding hydrogens is 530 g/mol. The van der Waals surface area contributed by atoms with Crippen molar-refractivity contribution in [1.82, 2.24) is 5.32 Å². The van der Waals surface area contributed by atoms with E-state index in [9.17, 15) is 9.90 Å². The Labute approximate surface area is 241 Å². The molecule has 0 radical (unpaired) electrons. The van der Waals surface area contributed by atoms with Crippen LogP contribution in [0.15, 0.2) is 94.7 Å². The van der Waals surface area contributed by atoms with Gasteiger partial charge >= 0.3 is 6.09 Å². The van der Waals surface area contributed by atoms with Crippen molar-refractivity contribution in [2.45, 2.75) is 74.5 Å². The van der Waals surface area contributed by atoms with Crippen LogP contribution in [-0.4, -0.2) is 28.9 Å². The van der Waals surface area contributed by atoms with Crippen molar-refractivity contribution in [3.63, 3.8) is 0 Å². The third kappa shape index (κ3) is 10.3. The zero-order chi connectivity index (χ0) is 28.3. The number of aryl methyl sites for hydroxylation is 1. The summed E-state index contributed by atoms with van der Waals surface area (Å²) in [6.45, 7) is 7.58. The van der Waals surface area contributed by atoms with E-state index in [1.165, 1.54) is 0 Å². The third-order valence-corrected chi connectivity index (χ3v) is 7.23. The fourth-order valence-electron chi connectivity index (χ4n) is 4.08. The molecule has 1 atom stereocenters. The zero-order valence-electron chi connectivity index (χ0n) is 23.1. The van der Waals surface area contributed by atoms with E-state index in [0.717, 1.165) is 26.7 Å². The first-order valence-corrected chi connectivity index (χ1v) is 14.3. The molecule has 5 nitrogen and oxygen atoms in total. The Kier molecular flexibility index (Phi) is 11.3. The summed E-state index contributed by atoms with van der Waals surface area (Å²) in [5, 5.41) is 13.7. The maximum Gasteiger partial charge on any atom is 0.408 e. The Morgan fingerprint density at radius 1 is 1.03 bits per heavy atom. The maximum absolute atomic E-state index is 12.4. The molecule has 0 aliphatic rings. The first-order valence-electron chi connectivity index (χ1n) is 13.1. The number of benzene rings is 3. The Morgan fingerprint density at radius 3 is 2.44 bits per heavy atom. The number of halogens is 1. The van der Waals surface area contributed by atoms with Crippen LogP contribution in [0.3, 0.4) is 0 Å². The fourth-order valence-corrected chi connectivity index (χ4v) is 5.32. The number of ether oxygens (including phenoxy) is 2. The molecule has 3 rings (SSSR count). The molecule has 3 aromatic rings. The number of carbonyl (C=O) groups excluding carboxylic acids is 1. The van der Waals surface area contributed by atoms with Crippen molar-refractivity contribution >= 4 is 29.5 Å². The maximum atomic E-state index is 12.4. The third-order valence-electron chi connectivity index (χ3n) is 5.90. The van der Waals surface area contributed by atoms with Gasteiger partial charge in [0.15, 0.2) is 0 Å². The Bertz CT molecular complexity index is 1240. The van der Waals surface area contributed by atoms with Gasteiger partial charge in [-0.25, -0.2) is 4.79 Å². The smallest absolute Gasteiger partial charge is 0.408 e. The lowest BCUT2D eigenvalue weighted by Gasteiger charge is -2.31. The molecule has 0 saturated carbocycles. The van der Waals surface area contributed by atoms with Crippen molar-refractivity contribution < 1.29 is 19.4 Å². The largest absolute Gasteiger partial charge is 0.489 e. The first-order chi connectivity index (χ1) is 18.6. The minimum atomic E-state index is -0.896. The van der Waals surface area contributed by atoms with Gasteiger partial charge < -0.3 is 19.9 Å². The van der Waals surface area contributed by atoms with Crippen LogP contribution in [0.4, 0.5) is 4.79 Å². The van der Waals surface area contributed by atoms with Gasteiger partial charge in [0, 0.05) is 14.8 Å². The molecule has 0 heterocycles. The molecule has 3 aromatic carbocycles. The fraction of sp³-hybridized carbons (Fsp3) is 0.344. The van der Waals surface area contributed by atoms with Gasteiger partial charge in [0.05, 0.1) is 12.1 Å². The van der Waals surface area contributed by atoms with E-state index in [4.69, 9.17) is 21.1 Å². The predicted octanol–water partition coefficient (Wildman–Crippen LogP) is 8.22. The highest BCUT2D eigenvalue weighted by Gasteiger charge is 2.30. The normalized spacial score (nSPS) is 13.2. The van der Waals surface area contributed by atoms with E-state index >= 15 is 0 Å². The van der Waals surface area contributed by atoms with Crippen molar-refractivity contribution in [1.29, 1.82) is 0 Å². The molecule has 0 aliphatic carbocycles. The second-order valence-electron chi connectivity index (χ2n) is 10.4. The lowest BCUT2D eigenvalue weighted by molar-refractivity contribution is 0.0431. The van der Waals surface area contributed by atoms with Gasteiger partial charge in [-0.05, 0) is 88.4 Å². The summed E-state index contributed by atoms with van der Waals surface area (Å²) in [5.41, 5.74) is 0.629. The number of nitrogens with one attached hydrogen (secondary N) is 1. The van der Waals surface area contributed by atoms with Crippen LogP contribution in [0, 0.1) is 0 Å². The van der Waals surface area contributed by atoms with Crippen LogP contribution in [0.1, 0.15) is 51.7 Å². The molecule has 7 heteroatoms.